The lowest BCUT2D eigenvalue weighted by molar-refractivity contribution is -0.133. The van der Waals surface area contributed by atoms with Gasteiger partial charge in [-0.15, -0.1) is 0 Å². The highest BCUT2D eigenvalue weighted by molar-refractivity contribution is 5.77. The molecule has 0 saturated carbocycles. The van der Waals surface area contributed by atoms with Crippen LogP contribution in [0.4, 0.5) is 4.39 Å². The Morgan fingerprint density at radius 2 is 2.17 bits per heavy atom. The molecule has 0 aliphatic rings. The van der Waals surface area contributed by atoms with Crippen LogP contribution in [0.1, 0.15) is 37.3 Å². The van der Waals surface area contributed by atoms with Crippen molar-refractivity contribution in [2.24, 2.45) is 5.92 Å². The van der Waals surface area contributed by atoms with Crippen LogP contribution in [0.5, 0.6) is 0 Å². The molecule has 1 rings (SSSR count). The van der Waals surface area contributed by atoms with E-state index in [-0.39, 0.29) is 17.6 Å². The number of hydrogen-bond acceptors (Lipinski definition) is 2. The fourth-order valence-electron chi connectivity index (χ4n) is 2.05. The summed E-state index contributed by atoms with van der Waals surface area (Å²) < 4.78 is 13.1. The molecule has 3 nitrogen and oxygen atoms in total. The summed E-state index contributed by atoms with van der Waals surface area (Å²) >= 11 is 0. The van der Waals surface area contributed by atoms with Gasteiger partial charge in [-0.25, -0.2) is 9.87 Å². The molecule has 0 radical (unpaired) electrons. The van der Waals surface area contributed by atoms with Crippen LogP contribution in [-0.4, -0.2) is 11.1 Å². The summed E-state index contributed by atoms with van der Waals surface area (Å²) in [6, 6.07) is 4.99. The molecule has 0 aliphatic heterocycles. The second kappa shape index (κ2) is 7.11. The van der Waals surface area contributed by atoms with Gasteiger partial charge in [0.05, 0.1) is 0 Å². The maximum Gasteiger partial charge on any atom is 0.246 e. The molecule has 4 heteroatoms. The monoisotopic (exact) mass is 253 g/mol. The molecular weight excluding hydrogens is 233 g/mol. The van der Waals surface area contributed by atoms with Crippen molar-refractivity contribution in [1.29, 1.82) is 0 Å². The van der Waals surface area contributed by atoms with Crippen molar-refractivity contribution in [2.45, 2.75) is 39.5 Å². The minimum atomic E-state index is -0.337. The van der Waals surface area contributed by atoms with Gasteiger partial charge in [0.2, 0.25) is 5.91 Å². The number of amides is 1. The van der Waals surface area contributed by atoms with Crippen LogP contribution in [0, 0.1) is 18.7 Å². The lowest BCUT2D eigenvalue weighted by atomic mass is 9.94. The van der Waals surface area contributed by atoms with Crippen molar-refractivity contribution < 1.29 is 14.4 Å². The summed E-state index contributed by atoms with van der Waals surface area (Å²) in [7, 11) is 0. The zero-order valence-electron chi connectivity index (χ0n) is 10.9. The first kappa shape index (κ1) is 14.6. The van der Waals surface area contributed by atoms with Gasteiger partial charge in [-0.05, 0) is 43.4 Å². The van der Waals surface area contributed by atoms with E-state index in [0.29, 0.717) is 18.4 Å². The minimum absolute atomic E-state index is 0.189. The van der Waals surface area contributed by atoms with Gasteiger partial charge in [-0.2, -0.15) is 0 Å². The van der Waals surface area contributed by atoms with E-state index in [4.69, 9.17) is 5.21 Å². The van der Waals surface area contributed by atoms with Crippen LogP contribution in [0.3, 0.4) is 0 Å². The van der Waals surface area contributed by atoms with Gasteiger partial charge in [0.25, 0.3) is 0 Å². The van der Waals surface area contributed by atoms with Crippen molar-refractivity contribution in [3.05, 3.63) is 35.1 Å². The molecule has 0 fully saturated rings. The lowest BCUT2D eigenvalue weighted by Crippen LogP contribution is -2.28. The molecule has 1 amide bonds. The number of hydrogen-bond donors (Lipinski definition) is 2. The van der Waals surface area contributed by atoms with Crippen molar-refractivity contribution in [3.8, 4) is 0 Å². The summed E-state index contributed by atoms with van der Waals surface area (Å²) in [6.45, 7) is 3.72. The molecule has 1 aromatic carbocycles. The molecule has 0 bridgehead atoms. The van der Waals surface area contributed by atoms with E-state index in [1.807, 2.05) is 6.92 Å². The van der Waals surface area contributed by atoms with E-state index in [1.54, 1.807) is 24.5 Å². The van der Waals surface area contributed by atoms with Crippen molar-refractivity contribution in [1.82, 2.24) is 5.48 Å². The molecule has 18 heavy (non-hydrogen) atoms. The largest absolute Gasteiger partial charge is 0.289 e. The third-order valence-corrected chi connectivity index (χ3v) is 3.12. The Balaban J connectivity index is 2.60. The maximum atomic E-state index is 13.1. The topological polar surface area (TPSA) is 49.3 Å². The fraction of sp³-hybridized carbons (Fsp3) is 0.500. The lowest BCUT2D eigenvalue weighted by Gasteiger charge is -2.13. The van der Waals surface area contributed by atoms with E-state index in [1.165, 1.54) is 6.07 Å². The Kier molecular flexibility index (Phi) is 5.78. The molecule has 0 aliphatic carbocycles. The van der Waals surface area contributed by atoms with Gasteiger partial charge in [0.1, 0.15) is 5.82 Å². The van der Waals surface area contributed by atoms with Gasteiger partial charge in [-0.3, -0.25) is 10.0 Å². The van der Waals surface area contributed by atoms with E-state index in [2.05, 4.69) is 0 Å². The van der Waals surface area contributed by atoms with Crippen molar-refractivity contribution >= 4 is 5.91 Å². The first-order valence-corrected chi connectivity index (χ1v) is 6.27. The number of benzene rings is 1. The first-order chi connectivity index (χ1) is 8.58. The van der Waals surface area contributed by atoms with Crippen LogP contribution in [-0.2, 0) is 11.2 Å². The molecule has 0 heterocycles. The van der Waals surface area contributed by atoms with Gasteiger partial charge >= 0.3 is 0 Å². The first-order valence-electron chi connectivity index (χ1n) is 6.27. The SMILES string of the molecule is CCCC(CCc1ccc(F)c(C)c1)C(=O)NO. The zero-order chi connectivity index (χ0) is 13.5. The molecule has 1 aromatic rings. The van der Waals surface area contributed by atoms with Crippen LogP contribution in [0.25, 0.3) is 0 Å². The highest BCUT2D eigenvalue weighted by Crippen LogP contribution is 2.17. The Bertz CT molecular complexity index is 407. The average molecular weight is 253 g/mol. The highest BCUT2D eigenvalue weighted by atomic mass is 19.1. The number of nitrogens with one attached hydrogen (secondary N) is 1. The summed E-state index contributed by atoms with van der Waals surface area (Å²) in [6.07, 6.45) is 3.00. The van der Waals surface area contributed by atoms with Gasteiger partial charge < -0.3 is 0 Å². The summed E-state index contributed by atoms with van der Waals surface area (Å²) in [5.74, 6) is -0.738. The number of carbonyl (C=O) groups excluding carboxylic acids is 1. The second-order valence-electron chi connectivity index (χ2n) is 4.58. The zero-order valence-corrected chi connectivity index (χ0v) is 10.9. The summed E-state index contributed by atoms with van der Waals surface area (Å²) in [5.41, 5.74) is 3.34. The Morgan fingerprint density at radius 1 is 1.44 bits per heavy atom. The Morgan fingerprint density at radius 3 is 2.72 bits per heavy atom. The number of hydroxylamine groups is 1. The standard InChI is InChI=1S/C14H20FNO2/c1-3-4-12(14(17)16-18)7-5-11-6-8-13(15)10(2)9-11/h6,8-9,12,18H,3-5,7H2,1-2H3,(H,16,17). The third-order valence-electron chi connectivity index (χ3n) is 3.12. The molecule has 1 unspecified atom stereocenters. The normalized spacial score (nSPS) is 12.2. The minimum Gasteiger partial charge on any atom is -0.289 e. The van der Waals surface area contributed by atoms with E-state index in [9.17, 15) is 9.18 Å². The van der Waals surface area contributed by atoms with Gasteiger partial charge in [0, 0.05) is 5.92 Å². The van der Waals surface area contributed by atoms with Gasteiger partial charge in [0.15, 0.2) is 0 Å². The van der Waals surface area contributed by atoms with E-state index in [0.717, 1.165) is 18.4 Å². The summed E-state index contributed by atoms with van der Waals surface area (Å²) in [5, 5.41) is 8.66. The number of carbonyl (C=O) groups is 1. The second-order valence-corrected chi connectivity index (χ2v) is 4.58. The van der Waals surface area contributed by atoms with Crippen LogP contribution in [0.15, 0.2) is 18.2 Å². The van der Waals surface area contributed by atoms with Crippen molar-refractivity contribution in [3.63, 3.8) is 0 Å². The predicted octanol–water partition coefficient (Wildman–Crippen LogP) is 2.99. The predicted molar refractivity (Wildman–Crippen MR) is 67.8 cm³/mol. The van der Waals surface area contributed by atoms with Crippen molar-refractivity contribution in [2.75, 3.05) is 0 Å². The molecule has 0 saturated heterocycles. The number of rotatable bonds is 6. The Hall–Kier alpha value is -1.42. The third kappa shape index (κ3) is 4.11. The molecule has 2 N–H and O–H groups in total. The van der Waals surface area contributed by atoms with Gasteiger partial charge in [-0.1, -0.05) is 25.5 Å². The van der Waals surface area contributed by atoms with E-state index >= 15 is 0 Å². The Labute approximate surface area is 107 Å². The summed E-state index contributed by atoms with van der Waals surface area (Å²) in [4.78, 5) is 11.4. The molecule has 100 valence electrons. The smallest absolute Gasteiger partial charge is 0.246 e. The number of aryl methyl sites for hydroxylation is 2. The molecule has 1 atom stereocenters. The van der Waals surface area contributed by atoms with Crippen LogP contribution >= 0.6 is 0 Å². The molecule has 0 spiro atoms. The molecular formula is C14H20FNO2. The number of halogens is 1. The van der Waals surface area contributed by atoms with E-state index < -0.39 is 0 Å². The van der Waals surface area contributed by atoms with Crippen LogP contribution < -0.4 is 5.48 Å². The molecule has 0 aromatic heterocycles. The quantitative estimate of drug-likeness (QED) is 0.605. The fourth-order valence-corrected chi connectivity index (χ4v) is 2.05. The average Bonchev–Trinajstić information content (AvgIpc) is 2.37. The highest BCUT2D eigenvalue weighted by Gasteiger charge is 2.16. The maximum absolute atomic E-state index is 13.1. The van der Waals surface area contributed by atoms with Crippen LogP contribution in [0.2, 0.25) is 0 Å².